The fourth-order valence-electron chi connectivity index (χ4n) is 2.96. The first-order chi connectivity index (χ1) is 10.3. The lowest BCUT2D eigenvalue weighted by atomic mass is 10.2. The van der Waals surface area contributed by atoms with E-state index in [2.05, 4.69) is 26.3 Å². The van der Waals surface area contributed by atoms with Crippen molar-refractivity contribution in [3.63, 3.8) is 0 Å². The second kappa shape index (κ2) is 7.61. The van der Waals surface area contributed by atoms with E-state index >= 15 is 0 Å². The van der Waals surface area contributed by atoms with E-state index in [0.29, 0.717) is 6.54 Å². The Morgan fingerprint density at radius 2 is 2.27 bits per heavy atom. The number of fused-ring (bicyclic) bond motifs is 1. The molecule has 2 aromatic rings. The Kier molecular flexibility index (Phi) is 5.80. The van der Waals surface area contributed by atoms with Crippen LogP contribution in [0.25, 0.3) is 11.0 Å². The number of hydrogen-bond acceptors (Lipinski definition) is 3. The number of aryl methyl sites for hydroxylation is 2. The Hall–Kier alpha value is -1.59. The number of amides is 1. The van der Waals surface area contributed by atoms with E-state index in [4.69, 9.17) is 0 Å². The predicted molar refractivity (Wildman–Crippen MR) is 90.4 cm³/mol. The molecule has 1 saturated heterocycles. The molecule has 3 rings (SSSR count). The molecule has 5 nitrogen and oxygen atoms in total. The molecule has 0 radical (unpaired) electrons. The summed E-state index contributed by atoms with van der Waals surface area (Å²) in [5, 5.41) is 6.24. The molecule has 1 aromatic heterocycles. The van der Waals surface area contributed by atoms with Crippen molar-refractivity contribution < 1.29 is 4.79 Å². The van der Waals surface area contributed by atoms with Gasteiger partial charge in [-0.2, -0.15) is 0 Å². The Balaban J connectivity index is 0.00000176. The van der Waals surface area contributed by atoms with Crippen molar-refractivity contribution in [2.45, 2.75) is 38.8 Å². The summed E-state index contributed by atoms with van der Waals surface area (Å²) in [5.74, 6) is 1.17. The van der Waals surface area contributed by atoms with E-state index in [1.165, 1.54) is 5.52 Å². The third-order valence-corrected chi connectivity index (χ3v) is 4.08. The summed E-state index contributed by atoms with van der Waals surface area (Å²) in [5.41, 5.74) is 2.20. The molecule has 120 valence electrons. The number of hydrogen-bond donors (Lipinski definition) is 2. The predicted octanol–water partition coefficient (Wildman–Crippen LogP) is 2.02. The largest absolute Gasteiger partial charge is 0.355 e. The van der Waals surface area contributed by atoms with Crippen LogP contribution in [0.4, 0.5) is 0 Å². The SMILES string of the molecule is Cc1nc2ccccc2n1CCCNC(=O)C1CCCN1.Cl. The summed E-state index contributed by atoms with van der Waals surface area (Å²) < 4.78 is 2.22. The minimum atomic E-state index is 0. The zero-order valence-electron chi connectivity index (χ0n) is 12.8. The second-order valence-corrected chi connectivity index (χ2v) is 5.59. The highest BCUT2D eigenvalue weighted by Gasteiger charge is 2.21. The number of nitrogens with zero attached hydrogens (tertiary/aromatic N) is 2. The summed E-state index contributed by atoms with van der Waals surface area (Å²) >= 11 is 0. The summed E-state index contributed by atoms with van der Waals surface area (Å²) in [6.45, 7) is 4.58. The molecule has 1 unspecified atom stereocenters. The Labute approximate surface area is 136 Å². The van der Waals surface area contributed by atoms with Gasteiger partial charge in [-0.3, -0.25) is 4.79 Å². The molecule has 2 heterocycles. The summed E-state index contributed by atoms with van der Waals surface area (Å²) in [4.78, 5) is 16.4. The number of aromatic nitrogens is 2. The van der Waals surface area contributed by atoms with Crippen LogP contribution < -0.4 is 10.6 Å². The van der Waals surface area contributed by atoms with Crippen LogP contribution >= 0.6 is 12.4 Å². The molecule has 0 saturated carbocycles. The third-order valence-electron chi connectivity index (χ3n) is 4.08. The first-order valence-corrected chi connectivity index (χ1v) is 7.68. The molecule has 6 heteroatoms. The van der Waals surface area contributed by atoms with Crippen LogP contribution in [0.3, 0.4) is 0 Å². The molecule has 1 amide bonds. The van der Waals surface area contributed by atoms with Crippen LogP contribution in [0.2, 0.25) is 0 Å². The number of benzene rings is 1. The smallest absolute Gasteiger partial charge is 0.237 e. The number of halogens is 1. The highest BCUT2D eigenvalue weighted by atomic mass is 35.5. The monoisotopic (exact) mass is 322 g/mol. The molecular weight excluding hydrogens is 300 g/mol. The van der Waals surface area contributed by atoms with Crippen LogP contribution in [-0.2, 0) is 11.3 Å². The van der Waals surface area contributed by atoms with E-state index in [0.717, 1.165) is 43.7 Å². The van der Waals surface area contributed by atoms with Crippen molar-refractivity contribution in [1.29, 1.82) is 0 Å². The molecule has 1 aromatic carbocycles. The molecule has 1 fully saturated rings. The van der Waals surface area contributed by atoms with Gasteiger partial charge in [0.25, 0.3) is 0 Å². The molecular formula is C16H23ClN4O. The maximum Gasteiger partial charge on any atom is 0.237 e. The highest BCUT2D eigenvalue weighted by Crippen LogP contribution is 2.15. The van der Waals surface area contributed by atoms with E-state index in [1.54, 1.807) is 0 Å². The van der Waals surface area contributed by atoms with E-state index in [1.807, 2.05) is 25.1 Å². The van der Waals surface area contributed by atoms with Crippen molar-refractivity contribution in [3.8, 4) is 0 Å². The molecule has 0 bridgehead atoms. The van der Waals surface area contributed by atoms with Crippen LogP contribution in [-0.4, -0.2) is 34.6 Å². The molecule has 1 aliphatic heterocycles. The van der Waals surface area contributed by atoms with Crippen molar-refractivity contribution in [2.24, 2.45) is 0 Å². The molecule has 2 N–H and O–H groups in total. The summed E-state index contributed by atoms with van der Waals surface area (Å²) in [7, 11) is 0. The molecule has 0 aliphatic carbocycles. The first kappa shape index (κ1) is 16.8. The van der Waals surface area contributed by atoms with Crippen LogP contribution in [0, 0.1) is 6.92 Å². The van der Waals surface area contributed by atoms with Crippen molar-refractivity contribution in [1.82, 2.24) is 20.2 Å². The minimum Gasteiger partial charge on any atom is -0.355 e. The zero-order valence-corrected chi connectivity index (χ0v) is 13.7. The minimum absolute atomic E-state index is 0. The van der Waals surface area contributed by atoms with Crippen LogP contribution in [0.5, 0.6) is 0 Å². The zero-order chi connectivity index (χ0) is 14.7. The number of rotatable bonds is 5. The van der Waals surface area contributed by atoms with Crippen molar-refractivity contribution in [3.05, 3.63) is 30.1 Å². The standard InChI is InChI=1S/C16H22N4O.ClH/c1-12-19-13-6-2-3-8-15(13)20(12)11-5-10-18-16(21)14-7-4-9-17-14;/h2-3,6,8,14,17H,4-5,7,9-11H2,1H3,(H,18,21);1H. The van der Waals surface area contributed by atoms with Gasteiger partial charge in [0, 0.05) is 13.1 Å². The molecule has 22 heavy (non-hydrogen) atoms. The number of carbonyl (C=O) groups is 1. The van der Waals surface area contributed by atoms with Gasteiger partial charge < -0.3 is 15.2 Å². The number of imidazole rings is 1. The lowest BCUT2D eigenvalue weighted by Gasteiger charge is -2.11. The summed E-state index contributed by atoms with van der Waals surface area (Å²) in [6.07, 6.45) is 2.97. The van der Waals surface area contributed by atoms with Gasteiger partial charge in [-0.25, -0.2) is 4.98 Å². The fraction of sp³-hybridized carbons (Fsp3) is 0.500. The van der Waals surface area contributed by atoms with Gasteiger partial charge in [0.1, 0.15) is 5.82 Å². The van der Waals surface area contributed by atoms with Gasteiger partial charge in [0.15, 0.2) is 0 Å². The van der Waals surface area contributed by atoms with Crippen molar-refractivity contribution in [2.75, 3.05) is 13.1 Å². The van der Waals surface area contributed by atoms with Gasteiger partial charge >= 0.3 is 0 Å². The van der Waals surface area contributed by atoms with E-state index < -0.39 is 0 Å². The van der Waals surface area contributed by atoms with Crippen molar-refractivity contribution >= 4 is 29.3 Å². The van der Waals surface area contributed by atoms with Gasteiger partial charge in [0.2, 0.25) is 5.91 Å². The number of para-hydroxylation sites is 2. The maximum atomic E-state index is 11.9. The van der Waals surface area contributed by atoms with Gasteiger partial charge in [-0.05, 0) is 44.9 Å². The van der Waals surface area contributed by atoms with Crippen LogP contribution in [0.1, 0.15) is 25.1 Å². The van der Waals surface area contributed by atoms with Crippen LogP contribution in [0.15, 0.2) is 24.3 Å². The lowest BCUT2D eigenvalue weighted by molar-refractivity contribution is -0.122. The first-order valence-electron chi connectivity index (χ1n) is 7.68. The normalized spacial score (nSPS) is 17.4. The average Bonchev–Trinajstić information content (AvgIpc) is 3.11. The number of nitrogens with one attached hydrogen (secondary N) is 2. The summed E-state index contributed by atoms with van der Waals surface area (Å²) in [6, 6.07) is 8.19. The molecule has 0 spiro atoms. The van der Waals surface area contributed by atoms with E-state index in [9.17, 15) is 4.79 Å². The van der Waals surface area contributed by atoms with Gasteiger partial charge in [-0.15, -0.1) is 12.4 Å². The number of carbonyl (C=O) groups excluding carboxylic acids is 1. The van der Waals surface area contributed by atoms with E-state index in [-0.39, 0.29) is 24.4 Å². The maximum absolute atomic E-state index is 11.9. The third kappa shape index (κ3) is 3.59. The molecule has 1 aliphatic rings. The Bertz CT molecular complexity index is 634. The molecule has 1 atom stereocenters. The highest BCUT2D eigenvalue weighted by molar-refractivity contribution is 5.85. The van der Waals surface area contributed by atoms with Gasteiger partial charge in [-0.1, -0.05) is 12.1 Å². The topological polar surface area (TPSA) is 59.0 Å². The Morgan fingerprint density at radius 3 is 3.05 bits per heavy atom. The quantitative estimate of drug-likeness (QED) is 0.828. The lowest BCUT2D eigenvalue weighted by Crippen LogP contribution is -2.40. The Morgan fingerprint density at radius 1 is 1.45 bits per heavy atom. The second-order valence-electron chi connectivity index (χ2n) is 5.59. The fourth-order valence-corrected chi connectivity index (χ4v) is 2.96. The van der Waals surface area contributed by atoms with Gasteiger partial charge in [0.05, 0.1) is 17.1 Å². The average molecular weight is 323 g/mol.